The van der Waals surface area contributed by atoms with Gasteiger partial charge in [0.25, 0.3) is 0 Å². The van der Waals surface area contributed by atoms with Gasteiger partial charge in [-0.1, -0.05) is 37.3 Å². The third-order valence-corrected chi connectivity index (χ3v) is 5.85. The van der Waals surface area contributed by atoms with Gasteiger partial charge in [0.15, 0.2) is 11.6 Å². The molecular formula is C20H22F2N2OS. The third-order valence-electron chi connectivity index (χ3n) is 4.60. The van der Waals surface area contributed by atoms with Crippen molar-refractivity contribution in [2.45, 2.75) is 29.5 Å². The summed E-state index contributed by atoms with van der Waals surface area (Å²) in [6, 6.07) is 13.2. The molecule has 0 bridgehead atoms. The van der Waals surface area contributed by atoms with Crippen LogP contribution in [0.5, 0.6) is 0 Å². The van der Waals surface area contributed by atoms with E-state index in [2.05, 4.69) is 17.6 Å². The van der Waals surface area contributed by atoms with Gasteiger partial charge in [0, 0.05) is 10.9 Å². The first-order valence-electron chi connectivity index (χ1n) is 8.72. The molecule has 1 aliphatic rings. The zero-order valence-electron chi connectivity index (χ0n) is 14.5. The van der Waals surface area contributed by atoms with Gasteiger partial charge in [0.2, 0.25) is 5.91 Å². The summed E-state index contributed by atoms with van der Waals surface area (Å²) in [5, 5.41) is 5.94. The quantitative estimate of drug-likeness (QED) is 0.778. The molecule has 26 heavy (non-hydrogen) atoms. The van der Waals surface area contributed by atoms with E-state index in [4.69, 9.17) is 0 Å². The first kappa shape index (κ1) is 18.9. The molecule has 3 rings (SSSR count). The average Bonchev–Trinajstić information content (AvgIpc) is 2.65. The summed E-state index contributed by atoms with van der Waals surface area (Å²) in [6.07, 6.45) is 0.879. The van der Waals surface area contributed by atoms with Crippen molar-refractivity contribution in [1.29, 1.82) is 0 Å². The lowest BCUT2D eigenvalue weighted by atomic mass is 9.95. The van der Waals surface area contributed by atoms with E-state index >= 15 is 0 Å². The van der Waals surface area contributed by atoms with Gasteiger partial charge in [-0.15, -0.1) is 11.8 Å². The van der Waals surface area contributed by atoms with Crippen LogP contribution in [0.25, 0.3) is 0 Å². The monoisotopic (exact) mass is 376 g/mol. The minimum absolute atomic E-state index is 0.107. The molecule has 1 heterocycles. The summed E-state index contributed by atoms with van der Waals surface area (Å²) in [4.78, 5) is 13.5. The molecule has 1 fully saturated rings. The van der Waals surface area contributed by atoms with Gasteiger partial charge in [-0.3, -0.25) is 4.79 Å². The Morgan fingerprint density at radius 3 is 2.65 bits per heavy atom. The zero-order chi connectivity index (χ0) is 18.5. The molecular weight excluding hydrogens is 354 g/mol. The maximum Gasteiger partial charge on any atom is 0.238 e. The Balaban J connectivity index is 1.81. The maximum atomic E-state index is 13.6. The van der Waals surface area contributed by atoms with Crippen molar-refractivity contribution in [3.8, 4) is 0 Å². The lowest BCUT2D eigenvalue weighted by molar-refractivity contribution is -0.121. The van der Waals surface area contributed by atoms with E-state index in [1.807, 2.05) is 30.3 Å². The zero-order valence-corrected chi connectivity index (χ0v) is 15.4. The molecule has 3 nitrogen and oxygen atoms in total. The number of rotatable bonds is 5. The van der Waals surface area contributed by atoms with Crippen molar-refractivity contribution in [3.63, 3.8) is 0 Å². The Morgan fingerprint density at radius 2 is 1.96 bits per heavy atom. The highest BCUT2D eigenvalue weighted by Crippen LogP contribution is 2.36. The number of nitrogens with one attached hydrogen (secondary N) is 2. The predicted molar refractivity (Wildman–Crippen MR) is 100.0 cm³/mol. The fourth-order valence-corrected chi connectivity index (χ4v) is 4.13. The van der Waals surface area contributed by atoms with E-state index in [9.17, 15) is 13.6 Å². The van der Waals surface area contributed by atoms with Crippen LogP contribution < -0.4 is 10.6 Å². The molecule has 2 aromatic rings. The molecule has 3 unspecified atom stereocenters. The molecule has 2 N–H and O–H groups in total. The molecule has 0 saturated carbocycles. The van der Waals surface area contributed by atoms with Crippen LogP contribution in [-0.2, 0) is 4.79 Å². The van der Waals surface area contributed by atoms with Crippen LogP contribution >= 0.6 is 11.8 Å². The van der Waals surface area contributed by atoms with E-state index in [1.165, 1.54) is 17.8 Å². The van der Waals surface area contributed by atoms with E-state index in [0.29, 0.717) is 10.8 Å². The predicted octanol–water partition coefficient (Wildman–Crippen LogP) is 3.91. The number of hydrogen-bond acceptors (Lipinski definition) is 3. The number of amides is 1. The average molecular weight is 376 g/mol. The van der Waals surface area contributed by atoms with Gasteiger partial charge >= 0.3 is 0 Å². The molecule has 1 saturated heterocycles. The van der Waals surface area contributed by atoms with Crippen LogP contribution in [0.1, 0.15) is 24.2 Å². The third kappa shape index (κ3) is 4.62. The van der Waals surface area contributed by atoms with Crippen molar-refractivity contribution in [3.05, 3.63) is 65.7 Å². The largest absolute Gasteiger partial charge is 0.352 e. The topological polar surface area (TPSA) is 41.1 Å². The van der Waals surface area contributed by atoms with Crippen LogP contribution in [0.2, 0.25) is 0 Å². The second-order valence-electron chi connectivity index (χ2n) is 6.57. The van der Waals surface area contributed by atoms with Gasteiger partial charge < -0.3 is 10.6 Å². The van der Waals surface area contributed by atoms with E-state index in [0.717, 1.165) is 37.2 Å². The summed E-state index contributed by atoms with van der Waals surface area (Å²) in [5.74, 6) is -1.56. The second-order valence-corrected chi connectivity index (χ2v) is 7.75. The Labute approximate surface area is 156 Å². The molecule has 138 valence electrons. The SMILES string of the molecule is CC1CNCCC1NC(=O)C(Sc1ccc(F)c(F)c1)c1ccccc1. The first-order chi connectivity index (χ1) is 12.5. The normalized spacial score (nSPS) is 21.2. The molecule has 1 aliphatic heterocycles. The van der Waals surface area contributed by atoms with Crippen molar-refractivity contribution in [1.82, 2.24) is 10.6 Å². The van der Waals surface area contributed by atoms with Crippen LogP contribution in [0, 0.1) is 17.6 Å². The molecule has 0 aromatic heterocycles. The number of hydrogen-bond donors (Lipinski definition) is 2. The highest BCUT2D eigenvalue weighted by molar-refractivity contribution is 8.00. The van der Waals surface area contributed by atoms with Gasteiger partial charge in [0.1, 0.15) is 5.25 Å². The molecule has 0 spiro atoms. The summed E-state index contributed by atoms with van der Waals surface area (Å²) in [5.41, 5.74) is 0.835. The van der Waals surface area contributed by atoms with Gasteiger partial charge in [-0.05, 0) is 49.2 Å². The van der Waals surface area contributed by atoms with Crippen LogP contribution in [0.3, 0.4) is 0 Å². The Hall–Kier alpha value is -1.92. The summed E-state index contributed by atoms with van der Waals surface area (Å²) < 4.78 is 26.8. The number of benzene rings is 2. The minimum Gasteiger partial charge on any atom is -0.352 e. The number of halogens is 2. The summed E-state index contributed by atoms with van der Waals surface area (Å²) >= 11 is 1.23. The van der Waals surface area contributed by atoms with Crippen molar-refractivity contribution in [2.24, 2.45) is 5.92 Å². The number of carbonyl (C=O) groups excluding carboxylic acids is 1. The molecule has 0 aliphatic carbocycles. The summed E-state index contributed by atoms with van der Waals surface area (Å²) in [7, 11) is 0. The van der Waals surface area contributed by atoms with Crippen molar-refractivity contribution >= 4 is 17.7 Å². The van der Waals surface area contributed by atoms with Gasteiger partial charge in [-0.25, -0.2) is 8.78 Å². The smallest absolute Gasteiger partial charge is 0.238 e. The maximum absolute atomic E-state index is 13.6. The van der Waals surface area contributed by atoms with E-state index in [-0.39, 0.29) is 11.9 Å². The molecule has 6 heteroatoms. The Kier molecular flexibility index (Phi) is 6.27. The molecule has 2 aromatic carbocycles. The number of piperidine rings is 1. The standard InChI is InChI=1S/C20H22F2N2OS/c1-13-12-23-10-9-18(13)24-20(25)19(14-5-3-2-4-6-14)26-15-7-8-16(21)17(22)11-15/h2-8,11,13,18-19,23H,9-10,12H2,1H3,(H,24,25). The van der Waals surface area contributed by atoms with Gasteiger partial charge in [0.05, 0.1) is 0 Å². The lowest BCUT2D eigenvalue weighted by Gasteiger charge is -2.31. The van der Waals surface area contributed by atoms with Crippen molar-refractivity contribution in [2.75, 3.05) is 13.1 Å². The number of carbonyl (C=O) groups is 1. The second kappa shape index (κ2) is 8.64. The minimum atomic E-state index is -0.908. The van der Waals surface area contributed by atoms with Crippen LogP contribution in [0.4, 0.5) is 8.78 Å². The molecule has 1 amide bonds. The van der Waals surface area contributed by atoms with Crippen LogP contribution in [-0.4, -0.2) is 25.0 Å². The molecule has 3 atom stereocenters. The fourth-order valence-electron chi connectivity index (χ4n) is 3.07. The fraction of sp³-hybridized carbons (Fsp3) is 0.350. The highest BCUT2D eigenvalue weighted by atomic mass is 32.2. The lowest BCUT2D eigenvalue weighted by Crippen LogP contribution is -2.49. The first-order valence-corrected chi connectivity index (χ1v) is 9.60. The Morgan fingerprint density at radius 1 is 1.19 bits per heavy atom. The Bertz CT molecular complexity index is 757. The van der Waals surface area contributed by atoms with Gasteiger partial charge in [-0.2, -0.15) is 0 Å². The van der Waals surface area contributed by atoms with Crippen molar-refractivity contribution < 1.29 is 13.6 Å². The van der Waals surface area contributed by atoms with Crippen LogP contribution in [0.15, 0.2) is 53.4 Å². The summed E-state index contributed by atoms with van der Waals surface area (Å²) in [6.45, 7) is 3.86. The molecule has 0 radical (unpaired) electrons. The highest BCUT2D eigenvalue weighted by Gasteiger charge is 2.28. The number of thioether (sulfide) groups is 1. The van der Waals surface area contributed by atoms with E-state index in [1.54, 1.807) is 0 Å². The van der Waals surface area contributed by atoms with E-state index < -0.39 is 16.9 Å².